The van der Waals surface area contributed by atoms with Gasteiger partial charge < -0.3 is 24.7 Å². The van der Waals surface area contributed by atoms with Crippen LogP contribution in [0.3, 0.4) is 0 Å². The Hall–Kier alpha value is -0.690. The molecule has 0 radical (unpaired) electrons. The molecule has 0 aliphatic heterocycles. The fourth-order valence-corrected chi connectivity index (χ4v) is 1.82. The number of halogens is 1. The zero-order valence-electron chi connectivity index (χ0n) is 12.4. The highest BCUT2D eigenvalue weighted by Gasteiger charge is 2.09. The zero-order valence-corrected chi connectivity index (χ0v) is 13.2. The summed E-state index contributed by atoms with van der Waals surface area (Å²) in [5, 5.41) is 0.700. The minimum absolute atomic E-state index is 0.135. The van der Waals surface area contributed by atoms with E-state index in [4.69, 9.17) is 36.3 Å². The van der Waals surface area contributed by atoms with Gasteiger partial charge in [0.05, 0.1) is 45.7 Å². The van der Waals surface area contributed by atoms with Gasteiger partial charge in [-0.25, -0.2) is 0 Å². The molecule has 0 heterocycles. The Morgan fingerprint density at radius 2 is 1.52 bits per heavy atom. The van der Waals surface area contributed by atoms with Crippen molar-refractivity contribution in [2.45, 2.75) is 6.10 Å². The second-order valence-electron chi connectivity index (χ2n) is 4.36. The average molecular weight is 318 g/mol. The highest BCUT2D eigenvalue weighted by molar-refractivity contribution is 6.30. The molecule has 0 saturated carbocycles. The number of hydrogen-bond acceptors (Lipinski definition) is 5. The van der Waals surface area contributed by atoms with Gasteiger partial charge in [-0.05, 0) is 17.7 Å². The van der Waals surface area contributed by atoms with Crippen LogP contribution in [-0.4, -0.2) is 53.3 Å². The molecule has 0 aromatic heterocycles. The molecule has 5 nitrogen and oxygen atoms in total. The van der Waals surface area contributed by atoms with E-state index in [2.05, 4.69) is 0 Å². The van der Waals surface area contributed by atoms with Crippen molar-refractivity contribution < 1.29 is 18.9 Å². The third kappa shape index (κ3) is 8.36. The highest BCUT2D eigenvalue weighted by Crippen LogP contribution is 2.18. The van der Waals surface area contributed by atoms with Crippen LogP contribution in [0, 0.1) is 0 Å². The molecule has 0 bridgehead atoms. The smallest absolute Gasteiger partial charge is 0.0948 e. The Labute approximate surface area is 131 Å². The normalized spacial score (nSPS) is 12.5. The quantitative estimate of drug-likeness (QED) is 0.598. The molecular weight excluding hydrogens is 294 g/mol. The number of ether oxygens (including phenoxy) is 4. The molecule has 0 amide bonds. The summed E-state index contributed by atoms with van der Waals surface area (Å²) in [7, 11) is 1.64. The summed E-state index contributed by atoms with van der Waals surface area (Å²) in [5.41, 5.74) is 6.74. The van der Waals surface area contributed by atoms with Crippen molar-refractivity contribution in [2.75, 3.05) is 53.3 Å². The molecule has 1 unspecified atom stereocenters. The first-order chi connectivity index (χ1) is 10.3. The maximum Gasteiger partial charge on any atom is 0.0948 e. The SMILES string of the molecule is COCCOCCOCCOC(CN)c1ccc(Cl)cc1. The van der Waals surface area contributed by atoms with Gasteiger partial charge in [0.25, 0.3) is 0 Å². The Kier molecular flexibility index (Phi) is 10.4. The lowest BCUT2D eigenvalue weighted by Gasteiger charge is -2.16. The molecule has 6 heteroatoms. The largest absolute Gasteiger partial charge is 0.382 e. The average Bonchev–Trinajstić information content (AvgIpc) is 2.51. The summed E-state index contributed by atoms with van der Waals surface area (Å²) in [6, 6.07) is 7.50. The Balaban J connectivity index is 2.08. The zero-order chi connectivity index (χ0) is 15.3. The number of rotatable bonds is 12. The maximum atomic E-state index is 5.85. The Morgan fingerprint density at radius 3 is 2.10 bits per heavy atom. The van der Waals surface area contributed by atoms with Gasteiger partial charge in [0.1, 0.15) is 0 Å². The van der Waals surface area contributed by atoms with Gasteiger partial charge in [-0.1, -0.05) is 23.7 Å². The van der Waals surface area contributed by atoms with E-state index in [-0.39, 0.29) is 6.10 Å². The molecule has 0 aliphatic carbocycles. The second kappa shape index (κ2) is 11.9. The molecule has 120 valence electrons. The van der Waals surface area contributed by atoms with E-state index < -0.39 is 0 Å². The Bertz CT molecular complexity index is 361. The third-order valence-electron chi connectivity index (χ3n) is 2.81. The van der Waals surface area contributed by atoms with Gasteiger partial charge in [-0.2, -0.15) is 0 Å². The summed E-state index contributed by atoms with van der Waals surface area (Å²) in [6.07, 6.45) is -0.135. The molecule has 2 N–H and O–H groups in total. The van der Waals surface area contributed by atoms with E-state index in [1.54, 1.807) is 7.11 Å². The van der Waals surface area contributed by atoms with E-state index in [0.717, 1.165) is 5.56 Å². The van der Waals surface area contributed by atoms with Gasteiger partial charge in [-0.3, -0.25) is 0 Å². The van der Waals surface area contributed by atoms with E-state index in [1.165, 1.54) is 0 Å². The molecule has 0 aliphatic rings. The van der Waals surface area contributed by atoms with Crippen LogP contribution in [0.15, 0.2) is 24.3 Å². The molecular formula is C15H24ClNO4. The van der Waals surface area contributed by atoms with Crippen molar-refractivity contribution in [1.29, 1.82) is 0 Å². The number of nitrogens with two attached hydrogens (primary N) is 1. The summed E-state index contributed by atoms with van der Waals surface area (Å²) < 4.78 is 21.3. The van der Waals surface area contributed by atoms with Crippen molar-refractivity contribution in [3.05, 3.63) is 34.9 Å². The first-order valence-electron chi connectivity index (χ1n) is 6.99. The van der Waals surface area contributed by atoms with Crippen LogP contribution in [0.5, 0.6) is 0 Å². The van der Waals surface area contributed by atoms with Crippen LogP contribution in [0.1, 0.15) is 11.7 Å². The molecule has 1 aromatic carbocycles. The summed E-state index contributed by atoms with van der Waals surface area (Å²) in [5.74, 6) is 0. The van der Waals surface area contributed by atoms with E-state index in [9.17, 15) is 0 Å². The number of methoxy groups -OCH3 is 1. The lowest BCUT2D eigenvalue weighted by Crippen LogP contribution is -2.18. The first kappa shape index (κ1) is 18.4. The van der Waals surface area contributed by atoms with E-state index in [0.29, 0.717) is 51.2 Å². The monoisotopic (exact) mass is 317 g/mol. The fourth-order valence-electron chi connectivity index (χ4n) is 1.69. The lowest BCUT2D eigenvalue weighted by atomic mass is 10.1. The van der Waals surface area contributed by atoms with Crippen LogP contribution in [0.2, 0.25) is 5.02 Å². The minimum atomic E-state index is -0.135. The van der Waals surface area contributed by atoms with E-state index >= 15 is 0 Å². The number of benzene rings is 1. The Morgan fingerprint density at radius 1 is 0.952 bits per heavy atom. The van der Waals surface area contributed by atoms with Gasteiger partial charge in [0.15, 0.2) is 0 Å². The van der Waals surface area contributed by atoms with Crippen LogP contribution >= 0.6 is 11.6 Å². The van der Waals surface area contributed by atoms with Crippen LogP contribution in [0.25, 0.3) is 0 Å². The van der Waals surface area contributed by atoms with Gasteiger partial charge in [0, 0.05) is 18.7 Å². The summed E-state index contributed by atoms with van der Waals surface area (Å²) in [4.78, 5) is 0. The van der Waals surface area contributed by atoms with Gasteiger partial charge in [0.2, 0.25) is 0 Å². The highest BCUT2D eigenvalue weighted by atomic mass is 35.5. The predicted octanol–water partition coefficient (Wildman–Crippen LogP) is 2.04. The van der Waals surface area contributed by atoms with Gasteiger partial charge >= 0.3 is 0 Å². The van der Waals surface area contributed by atoms with Gasteiger partial charge in [-0.15, -0.1) is 0 Å². The van der Waals surface area contributed by atoms with Crippen LogP contribution < -0.4 is 5.73 Å². The van der Waals surface area contributed by atoms with Crippen molar-refractivity contribution >= 4 is 11.6 Å². The molecule has 0 fully saturated rings. The molecule has 1 aromatic rings. The van der Waals surface area contributed by atoms with Crippen molar-refractivity contribution in [3.8, 4) is 0 Å². The predicted molar refractivity (Wildman–Crippen MR) is 82.7 cm³/mol. The number of hydrogen-bond donors (Lipinski definition) is 1. The van der Waals surface area contributed by atoms with Crippen LogP contribution in [0.4, 0.5) is 0 Å². The van der Waals surface area contributed by atoms with Crippen molar-refractivity contribution in [1.82, 2.24) is 0 Å². The topological polar surface area (TPSA) is 62.9 Å². The molecule has 0 spiro atoms. The summed E-state index contributed by atoms with van der Waals surface area (Å²) >= 11 is 5.85. The van der Waals surface area contributed by atoms with Crippen LogP contribution in [-0.2, 0) is 18.9 Å². The minimum Gasteiger partial charge on any atom is -0.382 e. The van der Waals surface area contributed by atoms with Crippen molar-refractivity contribution in [2.24, 2.45) is 5.73 Å². The standard InChI is InChI=1S/C15H24ClNO4/c1-18-6-7-19-8-9-20-10-11-21-15(12-17)13-2-4-14(16)5-3-13/h2-5,15H,6-12,17H2,1H3. The molecule has 1 atom stereocenters. The molecule has 0 saturated heterocycles. The molecule has 21 heavy (non-hydrogen) atoms. The summed E-state index contributed by atoms with van der Waals surface area (Å²) in [6.45, 7) is 3.70. The van der Waals surface area contributed by atoms with Crippen molar-refractivity contribution in [3.63, 3.8) is 0 Å². The lowest BCUT2D eigenvalue weighted by molar-refractivity contribution is -0.0147. The van der Waals surface area contributed by atoms with E-state index in [1.807, 2.05) is 24.3 Å². The third-order valence-corrected chi connectivity index (χ3v) is 3.06. The maximum absolute atomic E-state index is 5.85. The second-order valence-corrected chi connectivity index (χ2v) is 4.80. The fraction of sp³-hybridized carbons (Fsp3) is 0.600. The first-order valence-corrected chi connectivity index (χ1v) is 7.37. The molecule has 1 rings (SSSR count).